The van der Waals surface area contributed by atoms with Gasteiger partial charge in [-0.25, -0.2) is 9.59 Å². The molecule has 25 heavy (non-hydrogen) atoms. The molecule has 136 valence electrons. The third-order valence-electron chi connectivity index (χ3n) is 3.61. The van der Waals surface area contributed by atoms with E-state index >= 15 is 0 Å². The summed E-state index contributed by atoms with van der Waals surface area (Å²) in [5.41, 5.74) is 1.20. The molecule has 8 nitrogen and oxygen atoms in total. The normalized spacial score (nSPS) is 17.0. The molecule has 1 atom stereocenters. The molecule has 0 fully saturated rings. The van der Waals surface area contributed by atoms with Crippen LogP contribution >= 0.6 is 15.9 Å². The van der Waals surface area contributed by atoms with E-state index in [1.54, 1.807) is 19.1 Å². The number of aromatic hydroxyl groups is 1. The van der Waals surface area contributed by atoms with Crippen molar-refractivity contribution in [1.29, 1.82) is 0 Å². The van der Waals surface area contributed by atoms with Crippen LogP contribution in [0, 0.1) is 0 Å². The molecule has 0 saturated carbocycles. The van der Waals surface area contributed by atoms with E-state index in [4.69, 9.17) is 14.2 Å². The SMILES string of the molecule is COCCOC(=O)C1=C(C)NC(=O)N[C@@H]1c1cc(Br)c(O)c(OC)c1. The zero-order chi connectivity index (χ0) is 18.6. The maximum absolute atomic E-state index is 12.5. The van der Waals surface area contributed by atoms with Crippen LogP contribution in [-0.4, -0.2) is 44.5 Å². The summed E-state index contributed by atoms with van der Waals surface area (Å²) in [7, 11) is 2.91. The molecule has 1 aliphatic heterocycles. The average molecular weight is 415 g/mol. The minimum Gasteiger partial charge on any atom is -0.503 e. The van der Waals surface area contributed by atoms with Gasteiger partial charge < -0.3 is 30.0 Å². The number of ether oxygens (including phenoxy) is 3. The minimum absolute atomic E-state index is 0.0727. The number of carbonyl (C=O) groups excluding carboxylic acids is 2. The Morgan fingerprint density at radius 1 is 1.32 bits per heavy atom. The predicted octanol–water partition coefficient (Wildman–Crippen LogP) is 1.98. The number of phenols is 1. The van der Waals surface area contributed by atoms with E-state index in [2.05, 4.69) is 26.6 Å². The third kappa shape index (κ3) is 4.23. The Balaban J connectivity index is 2.42. The molecule has 1 heterocycles. The number of halogens is 1. The molecule has 0 unspecified atom stereocenters. The zero-order valence-corrected chi connectivity index (χ0v) is 15.6. The summed E-state index contributed by atoms with van der Waals surface area (Å²) in [6.45, 7) is 1.97. The summed E-state index contributed by atoms with van der Waals surface area (Å²) in [5, 5.41) is 15.2. The van der Waals surface area contributed by atoms with Gasteiger partial charge in [-0.1, -0.05) is 0 Å². The molecule has 2 amide bonds. The summed E-state index contributed by atoms with van der Waals surface area (Å²) in [6, 6.07) is 1.95. The molecule has 0 spiro atoms. The molecule has 0 aliphatic carbocycles. The van der Waals surface area contributed by atoms with Gasteiger partial charge in [-0.15, -0.1) is 0 Å². The Hall–Kier alpha value is -2.26. The number of allylic oxidation sites excluding steroid dienone is 1. The molecule has 2 rings (SSSR count). The van der Waals surface area contributed by atoms with Crippen LogP contribution in [0.15, 0.2) is 27.9 Å². The van der Waals surface area contributed by atoms with Crippen molar-refractivity contribution in [2.75, 3.05) is 27.4 Å². The topological polar surface area (TPSA) is 106 Å². The third-order valence-corrected chi connectivity index (χ3v) is 4.22. The Morgan fingerprint density at radius 3 is 2.68 bits per heavy atom. The number of amides is 2. The Morgan fingerprint density at radius 2 is 2.04 bits per heavy atom. The molecule has 0 bridgehead atoms. The summed E-state index contributed by atoms with van der Waals surface area (Å²) in [5.74, 6) is -0.437. The molecular formula is C16H19BrN2O6. The number of nitrogens with one attached hydrogen (secondary N) is 2. The second-order valence-corrected chi connectivity index (χ2v) is 6.11. The van der Waals surface area contributed by atoms with Crippen LogP contribution in [0.5, 0.6) is 11.5 Å². The van der Waals surface area contributed by atoms with Crippen LogP contribution in [0.4, 0.5) is 4.79 Å². The highest BCUT2D eigenvalue weighted by Gasteiger charge is 2.33. The molecular weight excluding hydrogens is 396 g/mol. The number of hydrogen-bond donors (Lipinski definition) is 3. The Bertz CT molecular complexity index is 719. The first kappa shape index (κ1) is 19.1. The van der Waals surface area contributed by atoms with Gasteiger partial charge in [-0.2, -0.15) is 0 Å². The van der Waals surface area contributed by atoms with E-state index in [9.17, 15) is 14.7 Å². The second kappa shape index (κ2) is 8.21. The lowest BCUT2D eigenvalue weighted by Crippen LogP contribution is -2.45. The van der Waals surface area contributed by atoms with Gasteiger partial charge in [-0.3, -0.25) is 0 Å². The van der Waals surface area contributed by atoms with Gasteiger partial charge in [0.15, 0.2) is 11.5 Å². The molecule has 1 aliphatic rings. The van der Waals surface area contributed by atoms with Crippen molar-refractivity contribution in [1.82, 2.24) is 10.6 Å². The maximum Gasteiger partial charge on any atom is 0.338 e. The van der Waals surface area contributed by atoms with Gasteiger partial charge in [0.05, 0.1) is 29.8 Å². The maximum atomic E-state index is 12.5. The Kier molecular flexibility index (Phi) is 6.27. The minimum atomic E-state index is -0.755. The lowest BCUT2D eigenvalue weighted by molar-refractivity contribution is -0.140. The number of rotatable bonds is 6. The van der Waals surface area contributed by atoms with Crippen molar-refractivity contribution in [2.45, 2.75) is 13.0 Å². The fourth-order valence-corrected chi connectivity index (χ4v) is 2.89. The van der Waals surface area contributed by atoms with Crippen LogP contribution in [0.1, 0.15) is 18.5 Å². The van der Waals surface area contributed by atoms with Crippen molar-refractivity contribution < 1.29 is 28.9 Å². The summed E-state index contributed by atoms with van der Waals surface area (Å²) in [4.78, 5) is 24.3. The first-order valence-electron chi connectivity index (χ1n) is 7.39. The highest BCUT2D eigenvalue weighted by atomic mass is 79.9. The van der Waals surface area contributed by atoms with Crippen molar-refractivity contribution in [3.05, 3.63) is 33.4 Å². The van der Waals surface area contributed by atoms with E-state index in [1.165, 1.54) is 14.2 Å². The lowest BCUT2D eigenvalue weighted by Gasteiger charge is -2.28. The van der Waals surface area contributed by atoms with Gasteiger partial charge in [0.25, 0.3) is 0 Å². The van der Waals surface area contributed by atoms with E-state index < -0.39 is 18.0 Å². The predicted molar refractivity (Wildman–Crippen MR) is 92.3 cm³/mol. The van der Waals surface area contributed by atoms with Gasteiger partial charge in [0.2, 0.25) is 0 Å². The van der Waals surface area contributed by atoms with Gasteiger partial charge in [-0.05, 0) is 40.5 Å². The van der Waals surface area contributed by atoms with Crippen LogP contribution in [0.25, 0.3) is 0 Å². The summed E-state index contributed by atoms with van der Waals surface area (Å²) < 4.78 is 15.6. The largest absolute Gasteiger partial charge is 0.503 e. The fraction of sp³-hybridized carbons (Fsp3) is 0.375. The van der Waals surface area contributed by atoms with E-state index in [0.717, 1.165) is 0 Å². The van der Waals surface area contributed by atoms with Crippen LogP contribution in [0.3, 0.4) is 0 Å². The molecule has 9 heteroatoms. The number of urea groups is 1. The standard InChI is InChI=1S/C16H19BrN2O6/c1-8-12(15(21)25-5-4-23-2)13(19-16(22)18-8)9-6-10(17)14(20)11(7-9)24-3/h6-7,13,20H,4-5H2,1-3H3,(H2,18,19,22)/t13-/m1/s1. The van der Waals surface area contributed by atoms with Gasteiger partial charge in [0, 0.05) is 12.8 Å². The highest BCUT2D eigenvalue weighted by Crippen LogP contribution is 2.39. The van der Waals surface area contributed by atoms with Crippen LogP contribution in [0.2, 0.25) is 0 Å². The quantitative estimate of drug-likeness (QED) is 0.485. The molecule has 3 N–H and O–H groups in total. The molecule has 0 radical (unpaired) electrons. The zero-order valence-electron chi connectivity index (χ0n) is 14.0. The molecule has 1 aromatic rings. The average Bonchev–Trinajstić information content (AvgIpc) is 2.56. The molecule has 0 aromatic heterocycles. The number of phenolic OH excluding ortho intramolecular Hbond substituents is 1. The lowest BCUT2D eigenvalue weighted by atomic mass is 9.95. The first-order valence-corrected chi connectivity index (χ1v) is 8.19. The highest BCUT2D eigenvalue weighted by molar-refractivity contribution is 9.10. The van der Waals surface area contributed by atoms with E-state index in [1.807, 2.05) is 0 Å². The van der Waals surface area contributed by atoms with Crippen molar-refractivity contribution in [2.24, 2.45) is 0 Å². The fourth-order valence-electron chi connectivity index (χ4n) is 2.43. The smallest absolute Gasteiger partial charge is 0.338 e. The number of hydrogen-bond acceptors (Lipinski definition) is 6. The monoisotopic (exact) mass is 414 g/mol. The van der Waals surface area contributed by atoms with Crippen molar-refractivity contribution in [3.63, 3.8) is 0 Å². The van der Waals surface area contributed by atoms with Crippen LogP contribution < -0.4 is 15.4 Å². The number of benzene rings is 1. The van der Waals surface area contributed by atoms with Gasteiger partial charge >= 0.3 is 12.0 Å². The van der Waals surface area contributed by atoms with E-state index in [0.29, 0.717) is 15.7 Å². The second-order valence-electron chi connectivity index (χ2n) is 5.25. The summed E-state index contributed by atoms with van der Waals surface area (Å²) in [6.07, 6.45) is 0. The van der Waals surface area contributed by atoms with E-state index in [-0.39, 0.29) is 30.3 Å². The molecule has 0 saturated heterocycles. The Labute approximate surface area is 153 Å². The summed E-state index contributed by atoms with van der Waals surface area (Å²) >= 11 is 3.24. The molecule has 1 aromatic carbocycles. The number of carbonyl (C=O) groups is 2. The first-order chi connectivity index (χ1) is 11.9. The van der Waals surface area contributed by atoms with Crippen molar-refractivity contribution in [3.8, 4) is 11.5 Å². The van der Waals surface area contributed by atoms with Crippen LogP contribution in [-0.2, 0) is 14.3 Å². The number of esters is 1. The number of methoxy groups -OCH3 is 2. The van der Waals surface area contributed by atoms with Gasteiger partial charge in [0.1, 0.15) is 6.61 Å². The van der Waals surface area contributed by atoms with Crippen molar-refractivity contribution >= 4 is 27.9 Å².